The van der Waals surface area contributed by atoms with Crippen molar-refractivity contribution in [1.82, 2.24) is 0 Å². The highest BCUT2D eigenvalue weighted by atomic mass is 16.7. The Hall–Kier alpha value is -0.0800. The number of hydrogen-bond acceptors (Lipinski definition) is 2. The molecule has 152 valence electrons. The highest BCUT2D eigenvalue weighted by molar-refractivity contribution is 4.50. The average Bonchev–Trinajstić information content (AvgIpc) is 2.63. The molecule has 0 aromatic carbocycles. The lowest BCUT2D eigenvalue weighted by Crippen LogP contribution is -2.16. The first-order valence-electron chi connectivity index (χ1n) is 11.6. The second kappa shape index (κ2) is 22.0. The highest BCUT2D eigenvalue weighted by Crippen LogP contribution is 2.13. The van der Waals surface area contributed by atoms with Crippen molar-refractivity contribution < 1.29 is 9.47 Å². The summed E-state index contributed by atoms with van der Waals surface area (Å²) in [5.74, 6) is 0. The summed E-state index contributed by atoms with van der Waals surface area (Å²) in [5, 5.41) is 0. The molecule has 0 saturated heterocycles. The van der Waals surface area contributed by atoms with Crippen molar-refractivity contribution in [2.75, 3.05) is 13.2 Å². The molecule has 0 fully saturated rings. The molecule has 0 bridgehead atoms. The number of rotatable bonds is 21. The maximum Gasteiger partial charge on any atom is 0.157 e. The third kappa shape index (κ3) is 20.1. The van der Waals surface area contributed by atoms with Crippen LogP contribution in [-0.2, 0) is 9.47 Å². The molecule has 0 aromatic rings. The zero-order valence-corrected chi connectivity index (χ0v) is 17.8. The lowest BCUT2D eigenvalue weighted by atomic mass is 10.0. The van der Waals surface area contributed by atoms with Gasteiger partial charge in [0.05, 0.1) is 0 Å². The zero-order valence-electron chi connectivity index (χ0n) is 17.8. The second-order valence-electron chi connectivity index (χ2n) is 7.47. The minimum atomic E-state index is 0.0151. The summed E-state index contributed by atoms with van der Waals surface area (Å²) in [5.41, 5.74) is 0. The van der Waals surface area contributed by atoms with Gasteiger partial charge in [0.25, 0.3) is 0 Å². The lowest BCUT2D eigenvalue weighted by Gasteiger charge is -2.15. The SMILES string of the molecule is CCCCCCCCCCCCCCCCCCOC(CC)OCC. The number of unbranched alkanes of at least 4 members (excludes halogenated alkanes) is 15. The summed E-state index contributed by atoms with van der Waals surface area (Å²) in [6.07, 6.45) is 23.6. The summed E-state index contributed by atoms with van der Waals surface area (Å²) < 4.78 is 11.2. The zero-order chi connectivity index (χ0) is 18.4. The topological polar surface area (TPSA) is 18.5 Å². The van der Waals surface area contributed by atoms with Crippen molar-refractivity contribution in [3.8, 4) is 0 Å². The van der Waals surface area contributed by atoms with Crippen molar-refractivity contribution >= 4 is 0 Å². The summed E-state index contributed by atoms with van der Waals surface area (Å²) in [7, 11) is 0. The monoisotopic (exact) mass is 356 g/mol. The molecule has 0 rings (SSSR count). The van der Waals surface area contributed by atoms with Gasteiger partial charge in [0, 0.05) is 13.2 Å². The predicted molar refractivity (Wildman–Crippen MR) is 111 cm³/mol. The van der Waals surface area contributed by atoms with E-state index in [9.17, 15) is 0 Å². The summed E-state index contributed by atoms with van der Waals surface area (Å²) in [4.78, 5) is 0. The van der Waals surface area contributed by atoms with E-state index in [2.05, 4.69) is 13.8 Å². The Kier molecular flexibility index (Phi) is 21.9. The van der Waals surface area contributed by atoms with Crippen LogP contribution in [0.25, 0.3) is 0 Å². The van der Waals surface area contributed by atoms with Crippen LogP contribution in [0.3, 0.4) is 0 Å². The quantitative estimate of drug-likeness (QED) is 0.153. The van der Waals surface area contributed by atoms with Crippen molar-refractivity contribution in [1.29, 1.82) is 0 Å². The van der Waals surface area contributed by atoms with Crippen LogP contribution in [0.15, 0.2) is 0 Å². The Morgan fingerprint density at radius 3 is 1.24 bits per heavy atom. The van der Waals surface area contributed by atoms with Crippen LogP contribution in [-0.4, -0.2) is 19.5 Å². The van der Waals surface area contributed by atoms with Crippen molar-refractivity contribution in [2.45, 2.75) is 136 Å². The fourth-order valence-corrected chi connectivity index (χ4v) is 3.33. The Labute approximate surface area is 159 Å². The van der Waals surface area contributed by atoms with Crippen molar-refractivity contribution in [2.24, 2.45) is 0 Å². The molecule has 0 radical (unpaired) electrons. The maximum atomic E-state index is 5.73. The van der Waals surface area contributed by atoms with E-state index in [4.69, 9.17) is 9.47 Å². The Balaban J connectivity index is 3.07. The van der Waals surface area contributed by atoms with Crippen LogP contribution in [0, 0.1) is 0 Å². The smallest absolute Gasteiger partial charge is 0.157 e. The molecule has 1 atom stereocenters. The van der Waals surface area contributed by atoms with Crippen LogP contribution >= 0.6 is 0 Å². The number of hydrogen-bond donors (Lipinski definition) is 0. The highest BCUT2D eigenvalue weighted by Gasteiger charge is 2.04. The van der Waals surface area contributed by atoms with E-state index in [1.165, 1.54) is 103 Å². The van der Waals surface area contributed by atoms with Gasteiger partial charge in [0.1, 0.15) is 0 Å². The van der Waals surface area contributed by atoms with Crippen LogP contribution in [0.4, 0.5) is 0 Å². The van der Waals surface area contributed by atoms with Crippen LogP contribution in [0.2, 0.25) is 0 Å². The largest absolute Gasteiger partial charge is 0.353 e. The minimum Gasteiger partial charge on any atom is -0.353 e. The average molecular weight is 357 g/mol. The van der Waals surface area contributed by atoms with E-state index in [1.54, 1.807) is 0 Å². The van der Waals surface area contributed by atoms with Gasteiger partial charge in [0.15, 0.2) is 6.29 Å². The van der Waals surface area contributed by atoms with Gasteiger partial charge in [-0.15, -0.1) is 0 Å². The van der Waals surface area contributed by atoms with E-state index in [0.29, 0.717) is 0 Å². The summed E-state index contributed by atoms with van der Waals surface area (Å²) >= 11 is 0. The molecule has 2 heteroatoms. The lowest BCUT2D eigenvalue weighted by molar-refractivity contribution is -0.140. The van der Waals surface area contributed by atoms with E-state index in [0.717, 1.165) is 19.6 Å². The third-order valence-electron chi connectivity index (χ3n) is 4.99. The molecular formula is C23H48O2. The molecule has 25 heavy (non-hydrogen) atoms. The molecule has 0 N–H and O–H groups in total. The third-order valence-corrected chi connectivity index (χ3v) is 4.99. The number of ether oxygens (including phenoxy) is 2. The summed E-state index contributed by atoms with van der Waals surface area (Å²) in [6, 6.07) is 0. The van der Waals surface area contributed by atoms with Gasteiger partial charge in [0.2, 0.25) is 0 Å². The van der Waals surface area contributed by atoms with Crippen molar-refractivity contribution in [3.63, 3.8) is 0 Å². The molecule has 0 aliphatic carbocycles. The Bertz CT molecular complexity index is 230. The molecular weight excluding hydrogens is 308 g/mol. The molecule has 0 heterocycles. The van der Waals surface area contributed by atoms with Gasteiger partial charge in [-0.2, -0.15) is 0 Å². The standard InChI is InChI=1S/C23H48O2/c1-4-7-8-9-10-11-12-13-14-15-16-17-18-19-20-21-22-25-23(5-2)24-6-3/h23H,4-22H2,1-3H3. The first-order chi connectivity index (χ1) is 12.3. The van der Waals surface area contributed by atoms with Crippen molar-refractivity contribution in [3.05, 3.63) is 0 Å². The molecule has 0 amide bonds. The van der Waals surface area contributed by atoms with Crippen LogP contribution < -0.4 is 0 Å². The Morgan fingerprint density at radius 2 is 0.880 bits per heavy atom. The molecule has 0 saturated carbocycles. The van der Waals surface area contributed by atoms with Gasteiger partial charge in [-0.1, -0.05) is 110 Å². The van der Waals surface area contributed by atoms with Gasteiger partial charge in [-0.25, -0.2) is 0 Å². The molecule has 0 spiro atoms. The van der Waals surface area contributed by atoms with Gasteiger partial charge in [-0.05, 0) is 19.8 Å². The fourth-order valence-electron chi connectivity index (χ4n) is 3.33. The van der Waals surface area contributed by atoms with E-state index in [1.807, 2.05) is 6.92 Å². The molecule has 0 aliphatic rings. The minimum absolute atomic E-state index is 0.0151. The first-order valence-corrected chi connectivity index (χ1v) is 11.6. The molecule has 0 aromatic heterocycles. The molecule has 2 nitrogen and oxygen atoms in total. The van der Waals surface area contributed by atoms with Gasteiger partial charge >= 0.3 is 0 Å². The Morgan fingerprint density at radius 1 is 0.480 bits per heavy atom. The van der Waals surface area contributed by atoms with Crippen LogP contribution in [0.1, 0.15) is 130 Å². The summed E-state index contributed by atoms with van der Waals surface area (Å²) in [6.45, 7) is 8.04. The van der Waals surface area contributed by atoms with Gasteiger partial charge in [-0.3, -0.25) is 0 Å². The van der Waals surface area contributed by atoms with Gasteiger partial charge < -0.3 is 9.47 Å². The molecule has 0 aliphatic heterocycles. The first kappa shape index (κ1) is 24.9. The van der Waals surface area contributed by atoms with E-state index in [-0.39, 0.29) is 6.29 Å². The van der Waals surface area contributed by atoms with E-state index >= 15 is 0 Å². The van der Waals surface area contributed by atoms with Crippen LogP contribution in [0.5, 0.6) is 0 Å². The van der Waals surface area contributed by atoms with E-state index < -0.39 is 0 Å². The predicted octanol–water partition coefficient (Wildman–Crippen LogP) is 8.04. The second-order valence-corrected chi connectivity index (χ2v) is 7.47. The fraction of sp³-hybridized carbons (Fsp3) is 1.00. The molecule has 1 unspecified atom stereocenters. The normalized spacial score (nSPS) is 12.6. The maximum absolute atomic E-state index is 5.73.